The number of nitrogens with zero attached hydrogens (tertiary/aromatic N) is 5. The van der Waals surface area contributed by atoms with Crippen molar-refractivity contribution in [2.45, 2.75) is 25.8 Å². The molecule has 2 aromatic heterocycles. The summed E-state index contributed by atoms with van der Waals surface area (Å²) in [5.74, 6) is 1.35. The topological polar surface area (TPSA) is 65.1 Å². The van der Waals surface area contributed by atoms with Crippen molar-refractivity contribution >= 4 is 28.7 Å². The number of halogens is 1. The van der Waals surface area contributed by atoms with Gasteiger partial charge in [-0.05, 0) is 48.4 Å². The average Bonchev–Trinajstić information content (AvgIpc) is 3.23. The molecule has 2 aromatic carbocycles. The summed E-state index contributed by atoms with van der Waals surface area (Å²) in [4.78, 5) is 32.8. The standard InChI is InChI=1S/C26H28ClN5O2/c1-29-23-22(24(33)30(2)26(29)34)32(17-20-8-10-21(27)11-9-20)25(28-23)31-14-12-19(13-15-31)16-18-6-4-3-5-7-18/h3-11,19H,12-17H2,1-2H3. The number of hydrogen-bond donors (Lipinski definition) is 0. The second-order valence-corrected chi connectivity index (χ2v) is 9.56. The number of anilines is 1. The molecule has 176 valence electrons. The molecule has 0 bridgehead atoms. The van der Waals surface area contributed by atoms with Gasteiger partial charge >= 0.3 is 5.69 Å². The Balaban J connectivity index is 1.51. The van der Waals surface area contributed by atoms with Crippen LogP contribution in [0.1, 0.15) is 24.0 Å². The average molecular weight is 478 g/mol. The van der Waals surface area contributed by atoms with Crippen LogP contribution in [0.2, 0.25) is 5.02 Å². The van der Waals surface area contributed by atoms with Crippen molar-refractivity contribution in [2.75, 3.05) is 18.0 Å². The third-order valence-electron chi connectivity index (χ3n) is 6.85. The van der Waals surface area contributed by atoms with Gasteiger partial charge in [-0.15, -0.1) is 0 Å². The SMILES string of the molecule is Cn1c(=O)c2c(nc(N3CCC(Cc4ccccc4)CC3)n2Cc2ccc(Cl)cc2)n(C)c1=O. The Labute approximate surface area is 202 Å². The second kappa shape index (κ2) is 9.14. The minimum Gasteiger partial charge on any atom is -0.342 e. The zero-order valence-electron chi connectivity index (χ0n) is 19.4. The van der Waals surface area contributed by atoms with Crippen LogP contribution < -0.4 is 16.1 Å². The smallest absolute Gasteiger partial charge is 0.332 e. The zero-order chi connectivity index (χ0) is 23.8. The molecule has 1 aliphatic rings. The highest BCUT2D eigenvalue weighted by molar-refractivity contribution is 6.30. The quantitative estimate of drug-likeness (QED) is 0.440. The van der Waals surface area contributed by atoms with Gasteiger partial charge < -0.3 is 4.90 Å². The lowest BCUT2D eigenvalue weighted by Gasteiger charge is -2.33. The first kappa shape index (κ1) is 22.5. The Morgan fingerprint density at radius 3 is 2.26 bits per heavy atom. The zero-order valence-corrected chi connectivity index (χ0v) is 20.2. The van der Waals surface area contributed by atoms with Crippen molar-refractivity contribution in [2.24, 2.45) is 20.0 Å². The van der Waals surface area contributed by atoms with E-state index in [4.69, 9.17) is 16.6 Å². The number of aromatic nitrogens is 4. The van der Waals surface area contributed by atoms with Gasteiger partial charge in [-0.1, -0.05) is 54.1 Å². The predicted molar refractivity (Wildman–Crippen MR) is 136 cm³/mol. The van der Waals surface area contributed by atoms with E-state index in [0.717, 1.165) is 48.4 Å². The molecule has 0 N–H and O–H groups in total. The fourth-order valence-electron chi connectivity index (χ4n) is 4.88. The van der Waals surface area contributed by atoms with Gasteiger partial charge in [0, 0.05) is 32.2 Å². The summed E-state index contributed by atoms with van der Waals surface area (Å²) in [5, 5.41) is 0.665. The highest BCUT2D eigenvalue weighted by Gasteiger charge is 2.26. The van der Waals surface area contributed by atoms with Gasteiger partial charge in [0.05, 0.1) is 6.54 Å². The number of rotatable bonds is 5. The summed E-state index contributed by atoms with van der Waals surface area (Å²) >= 11 is 6.08. The first-order valence-electron chi connectivity index (χ1n) is 11.6. The lowest BCUT2D eigenvalue weighted by molar-refractivity contribution is 0.399. The fourth-order valence-corrected chi connectivity index (χ4v) is 5.01. The molecular weight excluding hydrogens is 450 g/mol. The number of piperidine rings is 1. The van der Waals surface area contributed by atoms with Crippen molar-refractivity contribution in [3.8, 4) is 0 Å². The van der Waals surface area contributed by atoms with Gasteiger partial charge in [0.25, 0.3) is 5.56 Å². The highest BCUT2D eigenvalue weighted by Crippen LogP contribution is 2.28. The first-order chi connectivity index (χ1) is 16.4. The summed E-state index contributed by atoms with van der Waals surface area (Å²) in [6.07, 6.45) is 3.18. The van der Waals surface area contributed by atoms with Crippen LogP contribution in [0.15, 0.2) is 64.2 Å². The molecule has 0 saturated carbocycles. The highest BCUT2D eigenvalue weighted by atomic mass is 35.5. The van der Waals surface area contributed by atoms with E-state index in [0.29, 0.717) is 28.6 Å². The van der Waals surface area contributed by atoms with E-state index >= 15 is 0 Å². The molecule has 1 aliphatic heterocycles. The Kier molecular flexibility index (Phi) is 6.04. The molecule has 0 unspecified atom stereocenters. The first-order valence-corrected chi connectivity index (χ1v) is 12.0. The van der Waals surface area contributed by atoms with E-state index in [1.807, 2.05) is 28.8 Å². The fraction of sp³-hybridized carbons (Fsp3) is 0.346. The maximum atomic E-state index is 13.2. The number of hydrogen-bond acceptors (Lipinski definition) is 4. The maximum absolute atomic E-state index is 13.2. The van der Waals surface area contributed by atoms with Crippen molar-refractivity contribution in [3.05, 3.63) is 91.6 Å². The van der Waals surface area contributed by atoms with Crippen LogP contribution in [-0.4, -0.2) is 31.8 Å². The summed E-state index contributed by atoms with van der Waals surface area (Å²) in [6, 6.07) is 18.2. The van der Waals surface area contributed by atoms with Crippen molar-refractivity contribution in [1.82, 2.24) is 18.7 Å². The predicted octanol–water partition coefficient (Wildman–Crippen LogP) is 3.59. The largest absolute Gasteiger partial charge is 0.342 e. The summed E-state index contributed by atoms with van der Waals surface area (Å²) in [5.41, 5.74) is 2.55. The lowest BCUT2D eigenvalue weighted by Crippen LogP contribution is -2.38. The molecule has 1 saturated heterocycles. The van der Waals surface area contributed by atoms with E-state index in [1.54, 1.807) is 7.05 Å². The number of imidazole rings is 1. The van der Waals surface area contributed by atoms with Crippen LogP contribution in [0.3, 0.4) is 0 Å². The van der Waals surface area contributed by atoms with E-state index in [-0.39, 0.29) is 11.2 Å². The van der Waals surface area contributed by atoms with Gasteiger partial charge in [-0.2, -0.15) is 4.98 Å². The van der Waals surface area contributed by atoms with Crippen LogP contribution >= 0.6 is 11.6 Å². The number of aryl methyl sites for hydroxylation is 1. The lowest BCUT2D eigenvalue weighted by atomic mass is 9.90. The Hall–Kier alpha value is -3.32. The van der Waals surface area contributed by atoms with Crippen LogP contribution in [0.25, 0.3) is 11.2 Å². The van der Waals surface area contributed by atoms with Crippen molar-refractivity contribution in [1.29, 1.82) is 0 Å². The Morgan fingerprint density at radius 2 is 1.59 bits per heavy atom. The monoisotopic (exact) mass is 477 g/mol. The molecule has 7 nitrogen and oxygen atoms in total. The maximum Gasteiger partial charge on any atom is 0.332 e. The normalized spacial score (nSPS) is 14.7. The third-order valence-corrected chi connectivity index (χ3v) is 7.10. The molecule has 4 aromatic rings. The molecule has 0 atom stereocenters. The molecule has 0 spiro atoms. The Bertz CT molecular complexity index is 1430. The summed E-state index contributed by atoms with van der Waals surface area (Å²) < 4.78 is 4.57. The van der Waals surface area contributed by atoms with E-state index < -0.39 is 0 Å². The molecule has 3 heterocycles. The number of fused-ring (bicyclic) bond motifs is 1. The van der Waals surface area contributed by atoms with Crippen LogP contribution in [0.5, 0.6) is 0 Å². The summed E-state index contributed by atoms with van der Waals surface area (Å²) in [7, 11) is 3.18. The molecular formula is C26H28ClN5O2. The van der Waals surface area contributed by atoms with E-state index in [1.165, 1.54) is 17.2 Å². The van der Waals surface area contributed by atoms with E-state index in [2.05, 4.69) is 35.2 Å². The van der Waals surface area contributed by atoms with Crippen molar-refractivity contribution in [3.63, 3.8) is 0 Å². The molecule has 1 fully saturated rings. The van der Waals surface area contributed by atoms with Gasteiger partial charge in [0.1, 0.15) is 0 Å². The number of benzene rings is 2. The third kappa shape index (κ3) is 4.16. The van der Waals surface area contributed by atoms with Gasteiger partial charge in [0.15, 0.2) is 11.2 Å². The summed E-state index contributed by atoms with van der Waals surface area (Å²) in [6.45, 7) is 2.19. The molecule has 8 heteroatoms. The molecule has 0 radical (unpaired) electrons. The van der Waals surface area contributed by atoms with Crippen molar-refractivity contribution < 1.29 is 0 Å². The van der Waals surface area contributed by atoms with Gasteiger partial charge in [-0.3, -0.25) is 18.5 Å². The van der Waals surface area contributed by atoms with Crippen LogP contribution in [0, 0.1) is 5.92 Å². The van der Waals surface area contributed by atoms with Crippen LogP contribution in [0.4, 0.5) is 5.95 Å². The molecule has 0 amide bonds. The van der Waals surface area contributed by atoms with Crippen LogP contribution in [-0.2, 0) is 27.1 Å². The molecule has 0 aliphatic carbocycles. The van der Waals surface area contributed by atoms with Gasteiger partial charge in [-0.25, -0.2) is 4.79 Å². The Morgan fingerprint density at radius 1 is 0.912 bits per heavy atom. The molecule has 34 heavy (non-hydrogen) atoms. The van der Waals surface area contributed by atoms with Gasteiger partial charge in [0.2, 0.25) is 5.95 Å². The molecule has 5 rings (SSSR count). The minimum atomic E-state index is -0.373. The minimum absolute atomic E-state index is 0.329. The second-order valence-electron chi connectivity index (χ2n) is 9.12. The van der Waals surface area contributed by atoms with E-state index in [9.17, 15) is 9.59 Å².